The first-order chi connectivity index (χ1) is 17.8. The van der Waals surface area contributed by atoms with Crippen molar-refractivity contribution in [3.8, 4) is 22.5 Å². The number of nitrogens with zero attached hydrogens (tertiary/aromatic N) is 4. The molecule has 4 aromatic rings. The summed E-state index contributed by atoms with van der Waals surface area (Å²) in [7, 11) is 0. The van der Waals surface area contributed by atoms with Crippen molar-refractivity contribution in [3.63, 3.8) is 0 Å². The largest absolute Gasteiger partial charge is 0.369 e. The molecule has 0 atom stereocenters. The second kappa shape index (κ2) is 11.8. The van der Waals surface area contributed by atoms with Gasteiger partial charge < -0.3 is 10.2 Å². The van der Waals surface area contributed by atoms with E-state index in [4.69, 9.17) is 0 Å². The fraction of sp³-hybridized carbons (Fsp3) is 0.310. The summed E-state index contributed by atoms with van der Waals surface area (Å²) in [6, 6.07) is 20.2. The van der Waals surface area contributed by atoms with Gasteiger partial charge in [-0.2, -0.15) is 5.21 Å². The second-order valence-corrected chi connectivity index (χ2v) is 10.0. The van der Waals surface area contributed by atoms with Crippen LogP contribution in [0.25, 0.3) is 22.5 Å². The van der Waals surface area contributed by atoms with E-state index in [0.29, 0.717) is 28.9 Å². The first-order valence-electron chi connectivity index (χ1n) is 12.6. The minimum absolute atomic E-state index is 0.0514. The summed E-state index contributed by atoms with van der Waals surface area (Å²) in [6.45, 7) is 10.4. The third-order valence-corrected chi connectivity index (χ3v) is 5.92. The van der Waals surface area contributed by atoms with Crippen LogP contribution in [-0.2, 0) is 11.2 Å². The van der Waals surface area contributed by atoms with Crippen molar-refractivity contribution >= 4 is 17.3 Å². The normalized spacial score (nSPS) is 11.2. The monoisotopic (exact) mass is 500 g/mol. The molecular weight excluding hydrogens is 467 g/mol. The number of tetrazole rings is 1. The van der Waals surface area contributed by atoms with Crippen molar-refractivity contribution in [2.45, 2.75) is 34.1 Å². The van der Waals surface area contributed by atoms with E-state index in [1.54, 1.807) is 18.2 Å². The number of carbonyl (C=O) groups excluding carboxylic acids is 1. The highest BCUT2D eigenvalue weighted by atomic mass is 19.1. The Morgan fingerprint density at radius 2 is 1.62 bits per heavy atom. The van der Waals surface area contributed by atoms with Crippen LogP contribution in [0.15, 0.2) is 66.7 Å². The molecular formula is C29H33FN6O. The van der Waals surface area contributed by atoms with Gasteiger partial charge >= 0.3 is 0 Å². The van der Waals surface area contributed by atoms with Gasteiger partial charge in [-0.05, 0) is 51.9 Å². The Morgan fingerprint density at radius 3 is 2.27 bits per heavy atom. The maximum Gasteiger partial charge on any atom is 0.228 e. The summed E-state index contributed by atoms with van der Waals surface area (Å²) in [6.07, 6.45) is -0.0514. The summed E-state index contributed by atoms with van der Waals surface area (Å²) in [5.41, 5.74) is 4.63. The number of nitrogens with one attached hydrogen (secondary N) is 2. The standard InChI is InChI=1S/C29H33FN6O/c1-19(2)17-36(18-20(3)4)27-14-13-21(23-10-6-7-11-24(23)29-32-34-35-33-29)15-26(27)31-28(37)16-22-9-5-8-12-25(22)30/h5-15,19-20H,16-18H2,1-4H3,(H,31,37)(H,32,33,34,35). The molecule has 192 valence electrons. The van der Waals surface area contributed by atoms with Gasteiger partial charge in [0.25, 0.3) is 0 Å². The fourth-order valence-corrected chi connectivity index (χ4v) is 4.45. The van der Waals surface area contributed by atoms with Crippen LogP contribution in [0, 0.1) is 17.7 Å². The molecule has 1 aromatic heterocycles. The van der Waals surface area contributed by atoms with Crippen molar-refractivity contribution in [2.24, 2.45) is 11.8 Å². The first kappa shape index (κ1) is 26.0. The van der Waals surface area contributed by atoms with Gasteiger partial charge in [-0.15, -0.1) is 10.2 Å². The summed E-state index contributed by atoms with van der Waals surface area (Å²) in [5.74, 6) is 0.690. The Hall–Kier alpha value is -4.07. The van der Waals surface area contributed by atoms with E-state index in [0.717, 1.165) is 35.5 Å². The number of rotatable bonds is 10. The smallest absolute Gasteiger partial charge is 0.228 e. The Balaban J connectivity index is 1.76. The molecule has 0 unspecified atom stereocenters. The molecule has 0 fully saturated rings. The lowest BCUT2D eigenvalue weighted by molar-refractivity contribution is -0.115. The molecule has 0 aliphatic rings. The number of halogens is 1. The van der Waals surface area contributed by atoms with Gasteiger partial charge in [0.2, 0.25) is 11.7 Å². The number of aromatic amines is 1. The Labute approximate surface area is 217 Å². The number of benzene rings is 3. The van der Waals surface area contributed by atoms with Crippen molar-refractivity contribution in [1.29, 1.82) is 0 Å². The van der Waals surface area contributed by atoms with Crippen LogP contribution in [0.4, 0.5) is 15.8 Å². The fourth-order valence-electron chi connectivity index (χ4n) is 4.45. The Bertz CT molecular complexity index is 1330. The van der Waals surface area contributed by atoms with E-state index >= 15 is 0 Å². The number of anilines is 2. The molecule has 1 heterocycles. The summed E-state index contributed by atoms with van der Waals surface area (Å²) in [5, 5.41) is 17.6. The van der Waals surface area contributed by atoms with Crippen molar-refractivity contribution in [2.75, 3.05) is 23.3 Å². The van der Waals surface area contributed by atoms with Gasteiger partial charge in [0.15, 0.2) is 0 Å². The van der Waals surface area contributed by atoms with Crippen LogP contribution in [0.2, 0.25) is 0 Å². The quantitative estimate of drug-likeness (QED) is 0.280. The number of hydrogen-bond donors (Lipinski definition) is 2. The molecule has 0 aliphatic heterocycles. The zero-order valence-corrected chi connectivity index (χ0v) is 21.7. The highest BCUT2D eigenvalue weighted by molar-refractivity contribution is 5.97. The molecule has 8 heteroatoms. The Morgan fingerprint density at radius 1 is 0.946 bits per heavy atom. The number of H-pyrrole nitrogens is 1. The Kier molecular flexibility index (Phi) is 8.28. The van der Waals surface area contributed by atoms with Crippen LogP contribution in [-0.4, -0.2) is 39.6 Å². The average Bonchev–Trinajstić information content (AvgIpc) is 3.39. The van der Waals surface area contributed by atoms with Gasteiger partial charge in [-0.1, -0.05) is 76.2 Å². The van der Waals surface area contributed by atoms with Crippen LogP contribution >= 0.6 is 0 Å². The van der Waals surface area contributed by atoms with Crippen LogP contribution in [0.1, 0.15) is 33.3 Å². The van der Waals surface area contributed by atoms with Crippen molar-refractivity contribution < 1.29 is 9.18 Å². The highest BCUT2D eigenvalue weighted by Crippen LogP contribution is 2.36. The minimum atomic E-state index is -0.387. The predicted molar refractivity (Wildman–Crippen MR) is 146 cm³/mol. The molecule has 0 saturated carbocycles. The van der Waals surface area contributed by atoms with Gasteiger partial charge in [0.05, 0.1) is 17.8 Å². The van der Waals surface area contributed by atoms with Gasteiger partial charge in [0.1, 0.15) is 5.82 Å². The number of carbonyl (C=O) groups is 1. The molecule has 0 radical (unpaired) electrons. The molecule has 0 aliphatic carbocycles. The molecule has 0 bridgehead atoms. The van der Waals surface area contributed by atoms with Crippen molar-refractivity contribution in [1.82, 2.24) is 20.6 Å². The summed E-state index contributed by atoms with van der Waals surface area (Å²) in [4.78, 5) is 15.4. The molecule has 37 heavy (non-hydrogen) atoms. The SMILES string of the molecule is CC(C)CN(CC(C)C)c1ccc(-c2ccccc2-c2nn[nH]n2)cc1NC(=O)Cc1ccccc1F. The van der Waals surface area contributed by atoms with Gasteiger partial charge in [-0.3, -0.25) is 4.79 Å². The van der Waals surface area contributed by atoms with E-state index in [2.05, 4.69) is 64.6 Å². The second-order valence-electron chi connectivity index (χ2n) is 10.0. The van der Waals surface area contributed by atoms with E-state index in [9.17, 15) is 9.18 Å². The lowest BCUT2D eigenvalue weighted by atomic mass is 9.97. The van der Waals surface area contributed by atoms with Crippen LogP contribution < -0.4 is 10.2 Å². The van der Waals surface area contributed by atoms with E-state index in [1.807, 2.05) is 36.4 Å². The summed E-state index contributed by atoms with van der Waals surface area (Å²) < 4.78 is 14.2. The number of aromatic nitrogens is 4. The molecule has 2 N–H and O–H groups in total. The van der Waals surface area contributed by atoms with E-state index in [1.165, 1.54) is 6.07 Å². The van der Waals surface area contributed by atoms with Gasteiger partial charge in [0, 0.05) is 18.7 Å². The van der Waals surface area contributed by atoms with Crippen molar-refractivity contribution in [3.05, 3.63) is 78.1 Å². The average molecular weight is 501 g/mol. The summed E-state index contributed by atoms with van der Waals surface area (Å²) >= 11 is 0. The molecule has 3 aromatic carbocycles. The third kappa shape index (κ3) is 6.58. The van der Waals surface area contributed by atoms with Crippen LogP contribution in [0.5, 0.6) is 0 Å². The van der Waals surface area contributed by atoms with E-state index < -0.39 is 0 Å². The zero-order valence-electron chi connectivity index (χ0n) is 21.7. The molecule has 0 spiro atoms. The van der Waals surface area contributed by atoms with E-state index in [-0.39, 0.29) is 18.1 Å². The van der Waals surface area contributed by atoms with Crippen LogP contribution in [0.3, 0.4) is 0 Å². The number of amides is 1. The molecule has 1 amide bonds. The molecule has 0 saturated heterocycles. The first-order valence-corrected chi connectivity index (χ1v) is 12.6. The maximum atomic E-state index is 14.2. The lowest BCUT2D eigenvalue weighted by Gasteiger charge is -2.31. The maximum absolute atomic E-state index is 14.2. The lowest BCUT2D eigenvalue weighted by Crippen LogP contribution is -2.32. The van der Waals surface area contributed by atoms with Gasteiger partial charge in [-0.25, -0.2) is 4.39 Å². The molecule has 4 rings (SSSR count). The number of hydrogen-bond acceptors (Lipinski definition) is 5. The molecule has 7 nitrogen and oxygen atoms in total. The minimum Gasteiger partial charge on any atom is -0.369 e. The predicted octanol–water partition coefficient (Wildman–Crippen LogP) is 5.97. The highest BCUT2D eigenvalue weighted by Gasteiger charge is 2.19. The zero-order chi connectivity index (χ0) is 26.4. The topological polar surface area (TPSA) is 86.8 Å². The third-order valence-electron chi connectivity index (χ3n) is 5.92.